The SMILES string of the molecule is CCCCCCCCc1ccc(N(C(=O)OCc2cc(CN)ccc2C(=O)O)c2nc(-c3cccnc3)c(F)s2)cc1C(F)(F)F. The molecule has 0 fully saturated rings. The molecule has 2 aromatic carbocycles. The predicted molar refractivity (Wildman–Crippen MR) is 167 cm³/mol. The second-order valence-electron chi connectivity index (χ2n) is 10.6. The molecule has 0 unspecified atom stereocenters. The van der Waals surface area contributed by atoms with Gasteiger partial charge in [-0.25, -0.2) is 19.5 Å². The van der Waals surface area contributed by atoms with E-state index in [0.29, 0.717) is 28.9 Å². The highest BCUT2D eigenvalue weighted by Crippen LogP contribution is 2.40. The lowest BCUT2D eigenvalue weighted by Gasteiger charge is -2.22. The van der Waals surface area contributed by atoms with Crippen LogP contribution >= 0.6 is 11.3 Å². The number of hydrogen-bond acceptors (Lipinski definition) is 7. The first kappa shape index (κ1) is 34.5. The molecule has 1 amide bonds. The molecule has 0 saturated heterocycles. The van der Waals surface area contributed by atoms with E-state index in [2.05, 4.69) is 16.9 Å². The number of aryl methyl sites for hydroxylation is 1. The lowest BCUT2D eigenvalue weighted by atomic mass is 9.99. The Hall–Kier alpha value is -4.36. The molecule has 2 aromatic heterocycles. The average Bonchev–Trinajstić information content (AvgIpc) is 3.42. The van der Waals surface area contributed by atoms with E-state index in [9.17, 15) is 27.9 Å². The maximum Gasteiger partial charge on any atom is 0.421 e. The van der Waals surface area contributed by atoms with Crippen LogP contribution in [-0.2, 0) is 30.5 Å². The Balaban J connectivity index is 1.71. The standard InChI is InChI=1S/C33H34F4N4O4S/c1-2-3-4-5-6-7-9-22-12-13-25(17-27(22)33(35,36)37)41(31-40-28(29(34)46-31)23-10-8-15-39-19-23)32(44)45-20-24-16-21(18-38)11-14-26(24)30(42)43/h8,10-17,19H,2-7,9,18,20,38H2,1H3,(H,42,43). The van der Waals surface area contributed by atoms with Gasteiger partial charge >= 0.3 is 18.2 Å². The molecule has 0 radical (unpaired) electrons. The van der Waals surface area contributed by atoms with E-state index in [1.54, 1.807) is 12.1 Å². The van der Waals surface area contributed by atoms with Crippen molar-refractivity contribution < 1.29 is 37.0 Å². The second kappa shape index (κ2) is 15.8. The van der Waals surface area contributed by atoms with Gasteiger partial charge in [-0.15, -0.1) is 0 Å². The number of anilines is 2. The number of thiazole rings is 1. The van der Waals surface area contributed by atoms with Crippen LogP contribution in [0.2, 0.25) is 0 Å². The highest BCUT2D eigenvalue weighted by molar-refractivity contribution is 7.14. The summed E-state index contributed by atoms with van der Waals surface area (Å²) in [6.07, 6.45) is 2.56. The van der Waals surface area contributed by atoms with Gasteiger partial charge in [0.1, 0.15) is 12.3 Å². The van der Waals surface area contributed by atoms with Gasteiger partial charge in [-0.2, -0.15) is 17.6 Å². The number of ether oxygens (including phenoxy) is 1. The van der Waals surface area contributed by atoms with E-state index in [0.717, 1.165) is 43.1 Å². The van der Waals surface area contributed by atoms with Gasteiger partial charge < -0.3 is 15.6 Å². The number of rotatable bonds is 14. The number of nitrogens with zero attached hydrogens (tertiary/aromatic N) is 3. The third kappa shape index (κ3) is 8.67. The number of carbonyl (C=O) groups is 2. The molecule has 8 nitrogen and oxygen atoms in total. The number of halogens is 4. The van der Waals surface area contributed by atoms with Crippen LogP contribution in [0.1, 0.15) is 78.1 Å². The van der Waals surface area contributed by atoms with Crippen molar-refractivity contribution in [2.24, 2.45) is 5.73 Å². The Morgan fingerprint density at radius 3 is 2.46 bits per heavy atom. The summed E-state index contributed by atoms with van der Waals surface area (Å²) in [4.78, 5) is 34.4. The number of pyridine rings is 1. The van der Waals surface area contributed by atoms with Crippen molar-refractivity contribution in [3.63, 3.8) is 0 Å². The fourth-order valence-electron chi connectivity index (χ4n) is 4.95. The molecule has 0 saturated carbocycles. The van der Waals surface area contributed by atoms with Gasteiger partial charge in [0.25, 0.3) is 0 Å². The molecule has 3 N–H and O–H groups in total. The Morgan fingerprint density at radius 1 is 1.02 bits per heavy atom. The normalized spacial score (nSPS) is 11.4. The van der Waals surface area contributed by atoms with Crippen molar-refractivity contribution in [1.82, 2.24) is 9.97 Å². The Kier molecular flexibility index (Phi) is 11.8. The number of benzene rings is 2. The van der Waals surface area contributed by atoms with Crippen molar-refractivity contribution in [1.29, 1.82) is 0 Å². The minimum absolute atomic E-state index is 0.0751. The van der Waals surface area contributed by atoms with Gasteiger partial charge in [0, 0.05) is 30.1 Å². The fourth-order valence-corrected chi connectivity index (χ4v) is 5.78. The van der Waals surface area contributed by atoms with Gasteiger partial charge in [-0.05, 0) is 54.3 Å². The van der Waals surface area contributed by atoms with E-state index in [4.69, 9.17) is 10.5 Å². The van der Waals surface area contributed by atoms with Crippen LogP contribution in [0.5, 0.6) is 0 Å². The van der Waals surface area contributed by atoms with Crippen LogP contribution in [0.4, 0.5) is 33.2 Å². The number of nitrogens with two attached hydrogens (primary N) is 1. The molecular weight excluding hydrogens is 624 g/mol. The van der Waals surface area contributed by atoms with Gasteiger partial charge in [0.05, 0.1) is 16.8 Å². The molecule has 244 valence electrons. The summed E-state index contributed by atoms with van der Waals surface area (Å²) in [5, 5.41) is 8.53. The van der Waals surface area contributed by atoms with Gasteiger partial charge in [-0.3, -0.25) is 4.98 Å². The Labute approximate surface area is 267 Å². The molecule has 46 heavy (non-hydrogen) atoms. The molecule has 2 heterocycles. The van der Waals surface area contributed by atoms with Crippen molar-refractivity contribution in [2.45, 2.75) is 71.2 Å². The quantitative estimate of drug-likeness (QED) is 0.103. The Bertz CT molecular complexity index is 1650. The highest BCUT2D eigenvalue weighted by Gasteiger charge is 2.35. The maximum absolute atomic E-state index is 15.2. The number of carboxylic acid groups (broad SMARTS) is 1. The fraction of sp³-hybridized carbons (Fsp3) is 0.333. The number of carboxylic acids is 1. The predicted octanol–water partition coefficient (Wildman–Crippen LogP) is 8.90. The monoisotopic (exact) mass is 658 g/mol. The zero-order valence-corrected chi connectivity index (χ0v) is 26.0. The van der Waals surface area contributed by atoms with E-state index in [1.807, 2.05) is 0 Å². The third-order valence-electron chi connectivity index (χ3n) is 7.33. The minimum Gasteiger partial charge on any atom is -0.478 e. The van der Waals surface area contributed by atoms with E-state index >= 15 is 4.39 Å². The number of alkyl halides is 3. The number of aromatic nitrogens is 2. The van der Waals surface area contributed by atoms with Crippen molar-refractivity contribution in [3.8, 4) is 11.3 Å². The van der Waals surface area contributed by atoms with E-state index < -0.39 is 35.5 Å². The number of amides is 1. The maximum atomic E-state index is 15.2. The van der Waals surface area contributed by atoms with Gasteiger partial charge in [0.15, 0.2) is 0 Å². The summed E-state index contributed by atoms with van der Waals surface area (Å²) < 4.78 is 63.7. The molecular formula is C33H34F4N4O4S. The third-order valence-corrected chi connectivity index (χ3v) is 8.16. The molecule has 13 heteroatoms. The molecule has 0 aliphatic carbocycles. The van der Waals surface area contributed by atoms with Crippen LogP contribution in [0, 0.1) is 5.13 Å². The van der Waals surface area contributed by atoms with E-state index in [1.165, 1.54) is 42.7 Å². The Morgan fingerprint density at radius 2 is 1.78 bits per heavy atom. The van der Waals surface area contributed by atoms with Crippen LogP contribution in [-0.4, -0.2) is 27.1 Å². The number of hydrogen-bond donors (Lipinski definition) is 2. The average molecular weight is 659 g/mol. The molecule has 0 atom stereocenters. The van der Waals surface area contributed by atoms with Crippen molar-refractivity contribution in [2.75, 3.05) is 4.90 Å². The highest BCUT2D eigenvalue weighted by atomic mass is 32.1. The summed E-state index contributed by atoms with van der Waals surface area (Å²) in [5.74, 6) is -1.27. The first-order chi connectivity index (χ1) is 22.0. The zero-order valence-electron chi connectivity index (χ0n) is 25.1. The van der Waals surface area contributed by atoms with Crippen molar-refractivity contribution >= 4 is 34.2 Å². The molecule has 4 rings (SSSR count). The van der Waals surface area contributed by atoms with Gasteiger partial charge in [0.2, 0.25) is 10.3 Å². The molecule has 0 bridgehead atoms. The summed E-state index contributed by atoms with van der Waals surface area (Å²) in [5.41, 5.74) is 5.29. The smallest absolute Gasteiger partial charge is 0.421 e. The van der Waals surface area contributed by atoms with Crippen molar-refractivity contribution in [3.05, 3.63) is 93.9 Å². The van der Waals surface area contributed by atoms with Crippen LogP contribution in [0.25, 0.3) is 11.3 Å². The minimum atomic E-state index is -4.74. The van der Waals surface area contributed by atoms with Crippen LogP contribution in [0.15, 0.2) is 60.9 Å². The summed E-state index contributed by atoms with van der Waals surface area (Å²) >= 11 is 0.445. The second-order valence-corrected chi connectivity index (χ2v) is 11.5. The van der Waals surface area contributed by atoms with E-state index in [-0.39, 0.29) is 46.2 Å². The molecule has 0 spiro atoms. The van der Waals surface area contributed by atoms with Crippen LogP contribution < -0.4 is 10.6 Å². The lowest BCUT2D eigenvalue weighted by molar-refractivity contribution is -0.138. The summed E-state index contributed by atoms with van der Waals surface area (Å²) in [6, 6.07) is 10.9. The van der Waals surface area contributed by atoms with Crippen LogP contribution in [0.3, 0.4) is 0 Å². The largest absolute Gasteiger partial charge is 0.478 e. The number of unbranched alkanes of at least 4 members (excludes halogenated alkanes) is 5. The summed E-state index contributed by atoms with van der Waals surface area (Å²) in [7, 11) is 0. The van der Waals surface area contributed by atoms with Gasteiger partial charge in [-0.1, -0.05) is 68.6 Å². The number of aromatic carboxylic acids is 1. The topological polar surface area (TPSA) is 119 Å². The first-order valence-electron chi connectivity index (χ1n) is 14.8. The number of carbonyl (C=O) groups excluding carboxylic acids is 1. The molecule has 0 aliphatic rings. The summed E-state index contributed by atoms with van der Waals surface area (Å²) in [6.45, 7) is 1.63. The lowest BCUT2D eigenvalue weighted by Crippen LogP contribution is -2.27. The molecule has 0 aliphatic heterocycles. The first-order valence-corrected chi connectivity index (χ1v) is 15.6. The zero-order chi connectivity index (χ0) is 33.3. The molecule has 4 aromatic rings.